The first-order valence-corrected chi connectivity index (χ1v) is 6.78. The van der Waals surface area contributed by atoms with Gasteiger partial charge in [0.15, 0.2) is 0 Å². The zero-order valence-corrected chi connectivity index (χ0v) is 12.1. The van der Waals surface area contributed by atoms with Crippen molar-refractivity contribution in [1.82, 2.24) is 9.97 Å². The number of aromatic carboxylic acids is 1. The SMILES string of the molecule is O=C(O)c1cc(-c2cncc(F)c2)nc2cc(Br)ccc12. The Morgan fingerprint density at radius 2 is 2.00 bits per heavy atom. The van der Waals surface area contributed by atoms with Gasteiger partial charge in [-0.2, -0.15) is 0 Å². The number of pyridine rings is 2. The van der Waals surface area contributed by atoms with Gasteiger partial charge in [-0.1, -0.05) is 22.0 Å². The van der Waals surface area contributed by atoms with Gasteiger partial charge in [0.1, 0.15) is 5.82 Å². The quantitative estimate of drug-likeness (QED) is 0.764. The van der Waals surface area contributed by atoms with E-state index in [1.165, 1.54) is 18.3 Å². The first-order valence-electron chi connectivity index (χ1n) is 5.99. The number of nitrogens with zero attached hydrogens (tertiary/aromatic N) is 2. The molecule has 2 heterocycles. The third-order valence-corrected chi connectivity index (χ3v) is 3.50. The Morgan fingerprint density at radius 1 is 1.19 bits per heavy atom. The number of hydrogen-bond acceptors (Lipinski definition) is 3. The molecule has 0 aliphatic carbocycles. The minimum absolute atomic E-state index is 0.117. The zero-order chi connectivity index (χ0) is 15.0. The fourth-order valence-electron chi connectivity index (χ4n) is 2.08. The van der Waals surface area contributed by atoms with Crippen LogP contribution >= 0.6 is 15.9 Å². The molecule has 0 saturated carbocycles. The van der Waals surface area contributed by atoms with Crippen molar-refractivity contribution in [3.05, 3.63) is 58.6 Å². The van der Waals surface area contributed by atoms with Gasteiger partial charge in [-0.15, -0.1) is 0 Å². The van der Waals surface area contributed by atoms with Crippen LogP contribution in [0.5, 0.6) is 0 Å². The van der Waals surface area contributed by atoms with Crippen molar-refractivity contribution in [1.29, 1.82) is 0 Å². The Bertz CT molecular complexity index is 867. The summed E-state index contributed by atoms with van der Waals surface area (Å²) in [6.07, 6.45) is 2.53. The maximum absolute atomic E-state index is 13.3. The molecule has 0 spiro atoms. The second-order valence-corrected chi connectivity index (χ2v) is 5.33. The normalized spacial score (nSPS) is 10.8. The number of halogens is 2. The zero-order valence-electron chi connectivity index (χ0n) is 10.5. The van der Waals surface area contributed by atoms with Crippen LogP contribution in [-0.2, 0) is 0 Å². The highest BCUT2D eigenvalue weighted by Gasteiger charge is 2.13. The molecule has 21 heavy (non-hydrogen) atoms. The molecule has 2 aromatic heterocycles. The van der Waals surface area contributed by atoms with E-state index in [4.69, 9.17) is 0 Å². The number of hydrogen-bond donors (Lipinski definition) is 1. The minimum Gasteiger partial charge on any atom is -0.478 e. The lowest BCUT2D eigenvalue weighted by atomic mass is 10.1. The number of rotatable bonds is 2. The standard InChI is InChI=1S/C15H8BrFN2O2/c16-9-1-2-11-12(15(20)21)5-13(19-14(11)4-9)8-3-10(17)7-18-6-8/h1-7H,(H,20,21). The van der Waals surface area contributed by atoms with Crippen LogP contribution in [-0.4, -0.2) is 21.0 Å². The largest absolute Gasteiger partial charge is 0.478 e. The summed E-state index contributed by atoms with van der Waals surface area (Å²) in [5.74, 6) is -1.56. The van der Waals surface area contributed by atoms with Crippen molar-refractivity contribution in [3.63, 3.8) is 0 Å². The van der Waals surface area contributed by atoms with Crippen LogP contribution in [0.3, 0.4) is 0 Å². The summed E-state index contributed by atoms with van der Waals surface area (Å²) < 4.78 is 14.1. The smallest absolute Gasteiger partial charge is 0.336 e. The summed E-state index contributed by atoms with van der Waals surface area (Å²) >= 11 is 3.33. The van der Waals surface area contributed by atoms with E-state index in [2.05, 4.69) is 25.9 Å². The fourth-order valence-corrected chi connectivity index (χ4v) is 2.43. The molecule has 0 atom stereocenters. The van der Waals surface area contributed by atoms with Gasteiger partial charge in [0, 0.05) is 21.6 Å². The van der Waals surface area contributed by atoms with Crippen LogP contribution in [0, 0.1) is 5.82 Å². The number of aromatic nitrogens is 2. The van der Waals surface area contributed by atoms with E-state index in [0.29, 0.717) is 22.2 Å². The summed E-state index contributed by atoms with van der Waals surface area (Å²) in [4.78, 5) is 19.6. The summed E-state index contributed by atoms with van der Waals surface area (Å²) in [5.41, 5.74) is 1.43. The molecule has 4 nitrogen and oxygen atoms in total. The van der Waals surface area contributed by atoms with Crippen LogP contribution in [0.2, 0.25) is 0 Å². The third-order valence-electron chi connectivity index (χ3n) is 3.00. The molecule has 0 fully saturated rings. The molecule has 0 aliphatic heterocycles. The van der Waals surface area contributed by atoms with Crippen LogP contribution < -0.4 is 0 Å². The van der Waals surface area contributed by atoms with E-state index in [9.17, 15) is 14.3 Å². The first-order chi connectivity index (χ1) is 10.0. The predicted octanol–water partition coefficient (Wildman–Crippen LogP) is 3.90. The van der Waals surface area contributed by atoms with Crippen molar-refractivity contribution >= 4 is 32.8 Å². The Balaban J connectivity index is 2.32. The molecule has 104 valence electrons. The second-order valence-electron chi connectivity index (χ2n) is 4.41. The molecule has 0 bridgehead atoms. The van der Waals surface area contributed by atoms with Crippen molar-refractivity contribution < 1.29 is 14.3 Å². The number of carboxylic acids is 1. The first kappa shape index (κ1) is 13.6. The Hall–Kier alpha value is -2.34. The monoisotopic (exact) mass is 346 g/mol. The summed E-state index contributed by atoms with van der Waals surface area (Å²) in [5, 5.41) is 9.88. The highest BCUT2D eigenvalue weighted by molar-refractivity contribution is 9.10. The highest BCUT2D eigenvalue weighted by Crippen LogP contribution is 2.27. The van der Waals surface area contributed by atoms with Crippen molar-refractivity contribution in [2.24, 2.45) is 0 Å². The van der Waals surface area contributed by atoms with Gasteiger partial charge in [0.2, 0.25) is 0 Å². The van der Waals surface area contributed by atoms with E-state index >= 15 is 0 Å². The molecule has 0 amide bonds. The molecule has 0 radical (unpaired) electrons. The van der Waals surface area contributed by atoms with Crippen molar-refractivity contribution in [2.75, 3.05) is 0 Å². The van der Waals surface area contributed by atoms with E-state index in [0.717, 1.165) is 10.7 Å². The average molecular weight is 347 g/mol. The predicted molar refractivity (Wildman–Crippen MR) is 79.6 cm³/mol. The maximum atomic E-state index is 13.3. The summed E-state index contributed by atoms with van der Waals surface area (Å²) in [7, 11) is 0. The van der Waals surface area contributed by atoms with E-state index < -0.39 is 11.8 Å². The van der Waals surface area contributed by atoms with Gasteiger partial charge in [0.25, 0.3) is 0 Å². The Morgan fingerprint density at radius 3 is 2.71 bits per heavy atom. The van der Waals surface area contributed by atoms with Crippen LogP contribution in [0.15, 0.2) is 47.2 Å². The highest BCUT2D eigenvalue weighted by atomic mass is 79.9. The number of benzene rings is 1. The van der Waals surface area contributed by atoms with Gasteiger partial charge in [0.05, 0.1) is 23.0 Å². The Labute approximate surface area is 127 Å². The van der Waals surface area contributed by atoms with Crippen LogP contribution in [0.1, 0.15) is 10.4 Å². The summed E-state index contributed by atoms with van der Waals surface area (Å²) in [6.45, 7) is 0. The molecular formula is C15H8BrFN2O2. The fraction of sp³-hybridized carbons (Fsp3) is 0. The lowest BCUT2D eigenvalue weighted by Crippen LogP contribution is -2.00. The summed E-state index contributed by atoms with van der Waals surface area (Å²) in [6, 6.07) is 7.85. The molecule has 0 saturated heterocycles. The van der Waals surface area contributed by atoms with Gasteiger partial charge < -0.3 is 5.11 Å². The molecule has 3 aromatic rings. The number of carboxylic acid groups (broad SMARTS) is 1. The average Bonchev–Trinajstić information content (AvgIpc) is 2.45. The third kappa shape index (κ3) is 2.62. The molecule has 3 rings (SSSR count). The van der Waals surface area contributed by atoms with Gasteiger partial charge >= 0.3 is 5.97 Å². The molecular weight excluding hydrogens is 339 g/mol. The van der Waals surface area contributed by atoms with E-state index in [1.54, 1.807) is 18.2 Å². The lowest BCUT2D eigenvalue weighted by molar-refractivity contribution is 0.0699. The van der Waals surface area contributed by atoms with Gasteiger partial charge in [-0.3, -0.25) is 4.98 Å². The molecule has 1 aromatic carbocycles. The van der Waals surface area contributed by atoms with Crippen LogP contribution in [0.25, 0.3) is 22.2 Å². The van der Waals surface area contributed by atoms with Crippen molar-refractivity contribution in [2.45, 2.75) is 0 Å². The Kier molecular flexibility index (Phi) is 3.39. The maximum Gasteiger partial charge on any atom is 0.336 e. The van der Waals surface area contributed by atoms with Crippen LogP contribution in [0.4, 0.5) is 4.39 Å². The minimum atomic E-state index is -1.06. The van der Waals surface area contributed by atoms with Crippen molar-refractivity contribution in [3.8, 4) is 11.3 Å². The van der Waals surface area contributed by atoms with Gasteiger partial charge in [-0.25, -0.2) is 14.2 Å². The van der Waals surface area contributed by atoms with E-state index in [-0.39, 0.29) is 5.56 Å². The topological polar surface area (TPSA) is 63.1 Å². The van der Waals surface area contributed by atoms with Gasteiger partial charge in [-0.05, 0) is 24.3 Å². The molecule has 0 unspecified atom stereocenters. The molecule has 1 N–H and O–H groups in total. The number of fused-ring (bicyclic) bond motifs is 1. The molecule has 0 aliphatic rings. The van der Waals surface area contributed by atoms with E-state index in [1.807, 2.05) is 0 Å². The second kappa shape index (κ2) is 5.21. The lowest BCUT2D eigenvalue weighted by Gasteiger charge is -2.07. The molecule has 6 heteroatoms. The number of carbonyl (C=O) groups is 1.